The number of benzene rings is 3. The Bertz CT molecular complexity index is 1510. The molecule has 0 bridgehead atoms. The number of rotatable bonds is 7. The molecule has 4 aromatic rings. The van der Waals surface area contributed by atoms with Crippen LogP contribution in [0, 0.1) is 5.82 Å². The summed E-state index contributed by atoms with van der Waals surface area (Å²) in [6, 6.07) is 17.2. The van der Waals surface area contributed by atoms with E-state index in [1.807, 2.05) is 25.1 Å². The lowest BCUT2D eigenvalue weighted by atomic mass is 9.95. The number of anilines is 1. The number of fused-ring (bicyclic) bond motifs is 1. The number of aromatic nitrogens is 1. The molecule has 37 heavy (non-hydrogen) atoms. The molecule has 188 valence electrons. The third-order valence-electron chi connectivity index (χ3n) is 6.29. The van der Waals surface area contributed by atoms with Crippen LogP contribution in [0.1, 0.15) is 43.0 Å². The maximum Gasteiger partial charge on any atom is 0.301 e. The molecule has 1 atom stereocenters. The van der Waals surface area contributed by atoms with E-state index in [0.717, 1.165) is 28.6 Å². The number of ether oxygens (including phenoxy) is 1. The highest BCUT2D eigenvalue weighted by molar-refractivity contribution is 7.22. The molecule has 1 N–H and O–H groups in total. The van der Waals surface area contributed by atoms with E-state index in [1.54, 1.807) is 24.3 Å². The molecule has 1 aromatic heterocycles. The number of halogens is 1. The molecule has 1 saturated heterocycles. The fourth-order valence-electron chi connectivity index (χ4n) is 4.35. The minimum absolute atomic E-state index is 0.0765. The van der Waals surface area contributed by atoms with E-state index in [0.29, 0.717) is 23.1 Å². The van der Waals surface area contributed by atoms with Crippen molar-refractivity contribution in [1.29, 1.82) is 0 Å². The molecular weight excluding hydrogens is 491 g/mol. The van der Waals surface area contributed by atoms with Gasteiger partial charge in [0.25, 0.3) is 5.78 Å². The molecule has 0 spiro atoms. The van der Waals surface area contributed by atoms with Gasteiger partial charge in [-0.15, -0.1) is 0 Å². The summed E-state index contributed by atoms with van der Waals surface area (Å²) in [6.45, 7) is 4.64. The summed E-state index contributed by atoms with van der Waals surface area (Å²) in [5, 5.41) is 11.6. The molecule has 1 amide bonds. The van der Waals surface area contributed by atoms with Gasteiger partial charge in [0.2, 0.25) is 0 Å². The van der Waals surface area contributed by atoms with E-state index in [4.69, 9.17) is 4.74 Å². The Morgan fingerprint density at radius 1 is 1.05 bits per heavy atom. The van der Waals surface area contributed by atoms with Crippen LogP contribution in [-0.2, 0) is 16.0 Å². The number of nitrogens with zero attached hydrogens (tertiary/aromatic N) is 2. The summed E-state index contributed by atoms with van der Waals surface area (Å²) in [6.07, 6.45) is 1.72. The van der Waals surface area contributed by atoms with Crippen molar-refractivity contribution in [1.82, 2.24) is 4.98 Å². The first-order chi connectivity index (χ1) is 17.9. The molecule has 0 radical (unpaired) electrons. The van der Waals surface area contributed by atoms with Crippen LogP contribution in [0.25, 0.3) is 16.0 Å². The molecular formula is C29H25FN2O4S. The number of thiazole rings is 1. The highest BCUT2D eigenvalue weighted by Gasteiger charge is 2.48. The van der Waals surface area contributed by atoms with Crippen molar-refractivity contribution in [2.75, 3.05) is 11.5 Å². The maximum atomic E-state index is 13.5. The molecule has 0 unspecified atom stereocenters. The lowest BCUT2D eigenvalue weighted by Crippen LogP contribution is -2.29. The van der Waals surface area contributed by atoms with Crippen molar-refractivity contribution < 1.29 is 23.8 Å². The zero-order chi connectivity index (χ0) is 26.1. The summed E-state index contributed by atoms with van der Waals surface area (Å²) >= 11 is 1.32. The van der Waals surface area contributed by atoms with Gasteiger partial charge in [0.1, 0.15) is 17.3 Å². The number of Topliss-reactive ketones (excluding diaryl/α,β-unsaturated/α-hetero) is 1. The topological polar surface area (TPSA) is 79.7 Å². The molecule has 5 rings (SSSR count). The first-order valence-corrected chi connectivity index (χ1v) is 12.9. The van der Waals surface area contributed by atoms with Crippen LogP contribution in [0.5, 0.6) is 5.75 Å². The number of aliphatic hydroxyl groups excluding tert-OH is 1. The molecule has 8 heteroatoms. The van der Waals surface area contributed by atoms with Crippen LogP contribution < -0.4 is 9.64 Å². The number of aliphatic hydroxyl groups is 1. The molecule has 1 fully saturated rings. The van der Waals surface area contributed by atoms with Crippen molar-refractivity contribution in [3.05, 3.63) is 94.8 Å². The number of hydrogen-bond donors (Lipinski definition) is 1. The highest BCUT2D eigenvalue weighted by Crippen LogP contribution is 2.44. The smallest absolute Gasteiger partial charge is 0.301 e. The van der Waals surface area contributed by atoms with Crippen molar-refractivity contribution in [2.45, 2.75) is 32.7 Å². The number of carbonyl (C=O) groups is 2. The predicted octanol–water partition coefficient (Wildman–Crippen LogP) is 6.41. The molecule has 1 aliphatic heterocycles. The van der Waals surface area contributed by atoms with Crippen molar-refractivity contribution in [2.24, 2.45) is 0 Å². The van der Waals surface area contributed by atoms with Crippen molar-refractivity contribution >= 4 is 44.1 Å². The third-order valence-corrected chi connectivity index (χ3v) is 7.30. The lowest BCUT2D eigenvalue weighted by molar-refractivity contribution is -0.132. The maximum absolute atomic E-state index is 13.5. The quantitative estimate of drug-likeness (QED) is 0.174. The van der Waals surface area contributed by atoms with Crippen LogP contribution in [-0.4, -0.2) is 28.4 Å². The van der Waals surface area contributed by atoms with Gasteiger partial charge in [-0.3, -0.25) is 14.5 Å². The molecule has 6 nitrogen and oxygen atoms in total. The standard InChI is InChI=1S/C29H25FN2O4S/c1-3-15-36-21-12-8-18(9-13-21)25-24(26(33)19-6-10-20(30)11-7-19)27(34)28(35)32(25)29-31-22-14-5-17(4-2)16-23(22)37-29/h5-14,16,25,33H,3-4,15H2,1-2H3/b26-24+/t25-/m0/s1. The van der Waals surface area contributed by atoms with Gasteiger partial charge in [-0.2, -0.15) is 0 Å². The van der Waals surface area contributed by atoms with E-state index < -0.39 is 23.5 Å². The van der Waals surface area contributed by atoms with E-state index >= 15 is 0 Å². The van der Waals surface area contributed by atoms with E-state index in [9.17, 15) is 19.1 Å². The van der Waals surface area contributed by atoms with Gasteiger partial charge < -0.3 is 9.84 Å². The van der Waals surface area contributed by atoms with Crippen LogP contribution in [0.3, 0.4) is 0 Å². The van der Waals surface area contributed by atoms with Gasteiger partial charge in [0.15, 0.2) is 5.13 Å². The molecule has 3 aromatic carbocycles. The SMILES string of the molecule is CCCOc1ccc([C@H]2/C(=C(\O)c3ccc(F)cc3)C(=O)C(=O)N2c2nc3ccc(CC)cc3s2)cc1. The minimum atomic E-state index is -0.920. The molecule has 0 saturated carbocycles. The lowest BCUT2D eigenvalue weighted by Gasteiger charge is -2.23. The van der Waals surface area contributed by atoms with E-state index in [1.165, 1.54) is 40.5 Å². The average molecular weight is 517 g/mol. The summed E-state index contributed by atoms with van der Waals surface area (Å²) in [5.41, 5.74) is 2.64. The van der Waals surface area contributed by atoms with Gasteiger partial charge in [-0.1, -0.05) is 43.4 Å². The summed E-state index contributed by atoms with van der Waals surface area (Å²) in [5.74, 6) is -1.79. The number of amides is 1. The van der Waals surface area contributed by atoms with Crippen molar-refractivity contribution in [3.8, 4) is 5.75 Å². The Hall–Kier alpha value is -4.04. The monoisotopic (exact) mass is 516 g/mol. The van der Waals surface area contributed by atoms with Gasteiger partial charge >= 0.3 is 5.91 Å². The van der Waals surface area contributed by atoms with Gasteiger partial charge in [-0.05, 0) is 72.5 Å². The fraction of sp³-hybridized carbons (Fsp3) is 0.207. The fourth-order valence-corrected chi connectivity index (χ4v) is 5.41. The zero-order valence-electron chi connectivity index (χ0n) is 20.4. The van der Waals surface area contributed by atoms with E-state index in [-0.39, 0.29) is 16.9 Å². The summed E-state index contributed by atoms with van der Waals surface area (Å²) in [4.78, 5) is 32.8. The summed E-state index contributed by atoms with van der Waals surface area (Å²) < 4.78 is 20.1. The first-order valence-electron chi connectivity index (χ1n) is 12.1. The molecule has 1 aliphatic rings. The Kier molecular flexibility index (Phi) is 6.76. The number of hydrogen-bond acceptors (Lipinski definition) is 6. The second-order valence-corrected chi connectivity index (χ2v) is 9.75. The van der Waals surface area contributed by atoms with Crippen LogP contribution >= 0.6 is 11.3 Å². The largest absolute Gasteiger partial charge is 0.507 e. The average Bonchev–Trinajstić information content (AvgIpc) is 3.45. The van der Waals surface area contributed by atoms with E-state index in [2.05, 4.69) is 11.9 Å². The second-order valence-electron chi connectivity index (χ2n) is 8.75. The predicted molar refractivity (Wildman–Crippen MR) is 142 cm³/mol. The van der Waals surface area contributed by atoms with Crippen LogP contribution in [0.2, 0.25) is 0 Å². The molecule has 0 aliphatic carbocycles. The second kappa shape index (κ2) is 10.1. The normalized spacial score (nSPS) is 17.1. The number of ketones is 1. The van der Waals surface area contributed by atoms with Gasteiger partial charge in [-0.25, -0.2) is 9.37 Å². The minimum Gasteiger partial charge on any atom is -0.507 e. The first kappa shape index (κ1) is 24.6. The number of carbonyl (C=O) groups excluding carboxylic acids is 2. The zero-order valence-corrected chi connectivity index (χ0v) is 21.2. The van der Waals surface area contributed by atoms with Gasteiger partial charge in [0, 0.05) is 5.56 Å². The Balaban J connectivity index is 1.66. The third kappa shape index (κ3) is 4.60. The van der Waals surface area contributed by atoms with Gasteiger partial charge in [0.05, 0.1) is 28.4 Å². The molecule has 2 heterocycles. The Morgan fingerprint density at radius 3 is 2.46 bits per heavy atom. The van der Waals surface area contributed by atoms with Crippen LogP contribution in [0.15, 0.2) is 72.3 Å². The summed E-state index contributed by atoms with van der Waals surface area (Å²) in [7, 11) is 0. The van der Waals surface area contributed by atoms with Crippen molar-refractivity contribution in [3.63, 3.8) is 0 Å². The Morgan fingerprint density at radius 2 is 1.78 bits per heavy atom. The number of aryl methyl sites for hydroxylation is 1. The van der Waals surface area contributed by atoms with Crippen LogP contribution in [0.4, 0.5) is 9.52 Å². The highest BCUT2D eigenvalue weighted by atomic mass is 32.1. The Labute approximate surface area is 217 Å².